The number of hydrogen-bond acceptors (Lipinski definition) is 2. The van der Waals surface area contributed by atoms with Crippen LogP contribution in [0.4, 0.5) is 0 Å². The first-order chi connectivity index (χ1) is 7.69. The number of hydrogen-bond donors (Lipinski definition) is 1. The van der Waals surface area contributed by atoms with Crippen LogP contribution in [0.25, 0.3) is 0 Å². The van der Waals surface area contributed by atoms with Crippen LogP contribution in [0, 0.1) is 5.92 Å². The van der Waals surface area contributed by atoms with Gasteiger partial charge in [-0.15, -0.1) is 11.6 Å². The Balaban J connectivity index is 2.43. The summed E-state index contributed by atoms with van der Waals surface area (Å²) in [5.74, 6) is 0.949. The molecule has 0 bridgehead atoms. The average molecular weight is 309 g/mol. The SMILES string of the molecule is CCC(CCCl)CNC(=O)c1ccoc1Br. The van der Waals surface area contributed by atoms with E-state index in [9.17, 15) is 4.79 Å². The Morgan fingerprint density at radius 3 is 2.94 bits per heavy atom. The van der Waals surface area contributed by atoms with Gasteiger partial charge in [-0.2, -0.15) is 0 Å². The second kappa shape index (κ2) is 6.97. The Morgan fingerprint density at radius 2 is 2.44 bits per heavy atom. The minimum atomic E-state index is -0.117. The highest BCUT2D eigenvalue weighted by Gasteiger charge is 2.13. The van der Waals surface area contributed by atoms with E-state index in [1.165, 1.54) is 6.26 Å². The Hall–Kier alpha value is -0.480. The van der Waals surface area contributed by atoms with Crippen LogP contribution >= 0.6 is 27.5 Å². The molecule has 1 heterocycles. The van der Waals surface area contributed by atoms with Gasteiger partial charge in [-0.3, -0.25) is 4.79 Å². The number of amides is 1. The maximum Gasteiger partial charge on any atom is 0.255 e. The number of nitrogens with one attached hydrogen (secondary N) is 1. The highest BCUT2D eigenvalue weighted by atomic mass is 79.9. The number of halogens is 2. The van der Waals surface area contributed by atoms with E-state index in [1.54, 1.807) is 6.07 Å². The van der Waals surface area contributed by atoms with Gasteiger partial charge < -0.3 is 9.73 Å². The summed E-state index contributed by atoms with van der Waals surface area (Å²) in [4.78, 5) is 11.7. The predicted octanol–water partition coefficient (Wildman–Crippen LogP) is 3.43. The fourth-order valence-electron chi connectivity index (χ4n) is 1.39. The number of furan rings is 1. The van der Waals surface area contributed by atoms with Gasteiger partial charge >= 0.3 is 0 Å². The van der Waals surface area contributed by atoms with Gasteiger partial charge in [-0.05, 0) is 34.3 Å². The topological polar surface area (TPSA) is 42.2 Å². The van der Waals surface area contributed by atoms with Crippen molar-refractivity contribution in [1.29, 1.82) is 0 Å². The third-order valence-electron chi connectivity index (χ3n) is 2.51. The Kier molecular flexibility index (Phi) is 5.91. The van der Waals surface area contributed by atoms with Crippen molar-refractivity contribution in [2.24, 2.45) is 5.92 Å². The minimum Gasteiger partial charge on any atom is -0.457 e. The molecule has 0 spiro atoms. The van der Waals surface area contributed by atoms with Gasteiger partial charge in [0.05, 0.1) is 11.8 Å². The van der Waals surface area contributed by atoms with Crippen LogP contribution in [0.5, 0.6) is 0 Å². The normalized spacial score (nSPS) is 12.4. The van der Waals surface area contributed by atoms with Crippen molar-refractivity contribution in [3.05, 3.63) is 22.6 Å². The molecule has 0 aliphatic rings. The minimum absolute atomic E-state index is 0.117. The maximum atomic E-state index is 11.7. The second-order valence-electron chi connectivity index (χ2n) is 3.57. The zero-order valence-electron chi connectivity index (χ0n) is 9.13. The molecule has 1 atom stereocenters. The third kappa shape index (κ3) is 3.83. The summed E-state index contributed by atoms with van der Waals surface area (Å²) in [6.45, 7) is 2.75. The van der Waals surface area contributed by atoms with E-state index in [-0.39, 0.29) is 5.91 Å². The lowest BCUT2D eigenvalue weighted by Crippen LogP contribution is -2.29. The molecule has 1 N–H and O–H groups in total. The smallest absolute Gasteiger partial charge is 0.255 e. The standard InChI is InChI=1S/C11H15BrClNO2/c1-2-8(3-5-13)7-14-11(15)9-4-6-16-10(9)12/h4,6,8H,2-3,5,7H2,1H3,(H,14,15). The highest BCUT2D eigenvalue weighted by Crippen LogP contribution is 2.17. The molecule has 1 unspecified atom stereocenters. The molecule has 5 heteroatoms. The number of alkyl halides is 1. The third-order valence-corrected chi connectivity index (χ3v) is 3.34. The zero-order chi connectivity index (χ0) is 12.0. The first kappa shape index (κ1) is 13.6. The van der Waals surface area contributed by atoms with Crippen LogP contribution in [-0.2, 0) is 0 Å². The van der Waals surface area contributed by atoms with Crippen LogP contribution in [0.2, 0.25) is 0 Å². The van der Waals surface area contributed by atoms with Gasteiger partial charge in [0.15, 0.2) is 4.67 Å². The molecule has 0 saturated heterocycles. The fraction of sp³-hybridized carbons (Fsp3) is 0.545. The van der Waals surface area contributed by atoms with E-state index in [2.05, 4.69) is 28.2 Å². The van der Waals surface area contributed by atoms with Gasteiger partial charge in [0, 0.05) is 12.4 Å². The number of rotatable bonds is 6. The highest BCUT2D eigenvalue weighted by molar-refractivity contribution is 9.10. The summed E-state index contributed by atoms with van der Waals surface area (Å²) < 4.78 is 5.47. The molecule has 1 amide bonds. The van der Waals surface area contributed by atoms with Crippen LogP contribution in [0.15, 0.2) is 21.4 Å². The van der Waals surface area contributed by atoms with Crippen LogP contribution in [0.3, 0.4) is 0 Å². The van der Waals surface area contributed by atoms with Gasteiger partial charge in [-0.25, -0.2) is 0 Å². The van der Waals surface area contributed by atoms with Crippen molar-refractivity contribution in [3.8, 4) is 0 Å². The lowest BCUT2D eigenvalue weighted by molar-refractivity contribution is 0.0944. The van der Waals surface area contributed by atoms with E-state index >= 15 is 0 Å². The van der Waals surface area contributed by atoms with Gasteiger partial charge in [0.25, 0.3) is 5.91 Å². The van der Waals surface area contributed by atoms with Crippen LogP contribution in [-0.4, -0.2) is 18.3 Å². The molecule has 1 aromatic rings. The molecule has 16 heavy (non-hydrogen) atoms. The maximum absolute atomic E-state index is 11.7. The molecule has 0 fully saturated rings. The van der Waals surface area contributed by atoms with Gasteiger partial charge in [0.1, 0.15) is 0 Å². The summed E-state index contributed by atoms with van der Waals surface area (Å²) in [6, 6.07) is 1.64. The molecule has 90 valence electrons. The lowest BCUT2D eigenvalue weighted by Gasteiger charge is -2.13. The van der Waals surface area contributed by atoms with Crippen LogP contribution < -0.4 is 5.32 Å². The number of carbonyl (C=O) groups is 1. The molecular weight excluding hydrogens is 293 g/mol. The van der Waals surface area contributed by atoms with Crippen molar-refractivity contribution in [2.75, 3.05) is 12.4 Å². The van der Waals surface area contributed by atoms with E-state index in [4.69, 9.17) is 16.0 Å². The van der Waals surface area contributed by atoms with Crippen molar-refractivity contribution >= 4 is 33.4 Å². The molecule has 0 radical (unpaired) electrons. The van der Waals surface area contributed by atoms with E-state index in [0.717, 1.165) is 12.8 Å². The van der Waals surface area contributed by atoms with Gasteiger partial charge in [-0.1, -0.05) is 13.3 Å². The molecule has 1 aromatic heterocycles. The summed E-state index contributed by atoms with van der Waals surface area (Å²) in [6.07, 6.45) is 3.42. The molecule has 0 aliphatic carbocycles. The summed E-state index contributed by atoms with van der Waals surface area (Å²) in [7, 11) is 0. The first-order valence-corrected chi connectivity index (χ1v) is 6.59. The molecular formula is C11H15BrClNO2. The zero-order valence-corrected chi connectivity index (χ0v) is 11.5. The van der Waals surface area contributed by atoms with Crippen molar-refractivity contribution in [3.63, 3.8) is 0 Å². The number of carbonyl (C=O) groups excluding carboxylic acids is 1. The van der Waals surface area contributed by atoms with Gasteiger partial charge in [0.2, 0.25) is 0 Å². The van der Waals surface area contributed by atoms with E-state index < -0.39 is 0 Å². The monoisotopic (exact) mass is 307 g/mol. The molecule has 3 nitrogen and oxygen atoms in total. The Labute approximate surface area is 109 Å². The van der Waals surface area contributed by atoms with Crippen molar-refractivity contribution in [1.82, 2.24) is 5.32 Å². The largest absolute Gasteiger partial charge is 0.457 e. The van der Waals surface area contributed by atoms with Crippen molar-refractivity contribution < 1.29 is 9.21 Å². The fourth-order valence-corrected chi connectivity index (χ4v) is 2.12. The van der Waals surface area contributed by atoms with Crippen LogP contribution in [0.1, 0.15) is 30.1 Å². The molecule has 0 saturated carbocycles. The quantitative estimate of drug-likeness (QED) is 0.818. The Morgan fingerprint density at radius 1 is 1.69 bits per heavy atom. The second-order valence-corrected chi connectivity index (χ2v) is 4.67. The Bertz CT molecular complexity index is 340. The first-order valence-electron chi connectivity index (χ1n) is 5.26. The van der Waals surface area contributed by atoms with E-state index in [1.807, 2.05) is 0 Å². The molecule has 0 aromatic carbocycles. The predicted molar refractivity (Wildman–Crippen MR) is 67.9 cm³/mol. The lowest BCUT2D eigenvalue weighted by atomic mass is 10.0. The summed E-state index contributed by atoms with van der Waals surface area (Å²) in [5, 5.41) is 2.87. The average Bonchev–Trinajstić information content (AvgIpc) is 2.70. The summed E-state index contributed by atoms with van der Waals surface area (Å²) in [5.41, 5.74) is 0.528. The van der Waals surface area contributed by atoms with E-state index in [0.29, 0.717) is 28.6 Å². The molecule has 1 rings (SSSR count). The van der Waals surface area contributed by atoms with Crippen molar-refractivity contribution in [2.45, 2.75) is 19.8 Å². The molecule has 0 aliphatic heterocycles. The summed E-state index contributed by atoms with van der Waals surface area (Å²) >= 11 is 8.85.